The van der Waals surface area contributed by atoms with Gasteiger partial charge in [-0.2, -0.15) is 0 Å². The predicted molar refractivity (Wildman–Crippen MR) is 93.8 cm³/mol. The first kappa shape index (κ1) is 13.9. The zero-order valence-electron chi connectivity index (χ0n) is 12.4. The standard InChI is InChI=1S/C19H13NO2S/c1-12-6-5-9-14(10-12)17-20-18-15(19(21)22-17)11-16(23-18)13-7-3-2-4-8-13/h2-11H,1H3. The number of fused-ring (bicyclic) bond motifs is 1. The van der Waals surface area contributed by atoms with Gasteiger partial charge < -0.3 is 4.42 Å². The molecule has 0 spiro atoms. The minimum atomic E-state index is -0.343. The molecule has 0 aliphatic heterocycles. The van der Waals surface area contributed by atoms with Crippen molar-refractivity contribution in [3.05, 3.63) is 76.6 Å². The second-order valence-electron chi connectivity index (χ2n) is 5.37. The van der Waals surface area contributed by atoms with E-state index >= 15 is 0 Å². The molecule has 2 heterocycles. The number of benzene rings is 2. The topological polar surface area (TPSA) is 43.1 Å². The number of thiophene rings is 1. The van der Waals surface area contributed by atoms with E-state index in [0.717, 1.165) is 21.6 Å². The summed E-state index contributed by atoms with van der Waals surface area (Å²) >= 11 is 1.51. The Bertz CT molecular complexity index is 1050. The molecule has 23 heavy (non-hydrogen) atoms. The van der Waals surface area contributed by atoms with Crippen molar-refractivity contribution in [1.29, 1.82) is 0 Å². The van der Waals surface area contributed by atoms with E-state index in [1.807, 2.05) is 67.6 Å². The molecule has 0 N–H and O–H groups in total. The summed E-state index contributed by atoms with van der Waals surface area (Å²) < 4.78 is 5.42. The molecule has 0 aliphatic rings. The quantitative estimate of drug-likeness (QED) is 0.528. The van der Waals surface area contributed by atoms with E-state index in [-0.39, 0.29) is 5.63 Å². The van der Waals surface area contributed by atoms with Crippen molar-refractivity contribution in [3.63, 3.8) is 0 Å². The number of hydrogen-bond donors (Lipinski definition) is 0. The summed E-state index contributed by atoms with van der Waals surface area (Å²) in [6, 6.07) is 19.6. The third-order valence-electron chi connectivity index (χ3n) is 3.65. The zero-order valence-corrected chi connectivity index (χ0v) is 13.3. The summed E-state index contributed by atoms with van der Waals surface area (Å²) in [5, 5.41) is 0.533. The Morgan fingerprint density at radius 2 is 1.74 bits per heavy atom. The van der Waals surface area contributed by atoms with E-state index in [1.54, 1.807) is 0 Å². The van der Waals surface area contributed by atoms with Gasteiger partial charge in [-0.1, -0.05) is 48.0 Å². The van der Waals surface area contributed by atoms with Crippen LogP contribution in [0.4, 0.5) is 0 Å². The average molecular weight is 319 g/mol. The van der Waals surface area contributed by atoms with Gasteiger partial charge in [0.25, 0.3) is 0 Å². The van der Waals surface area contributed by atoms with Gasteiger partial charge in [0.15, 0.2) is 0 Å². The summed E-state index contributed by atoms with van der Waals surface area (Å²) in [5.41, 5.74) is 2.65. The highest BCUT2D eigenvalue weighted by molar-refractivity contribution is 7.21. The number of aromatic nitrogens is 1. The van der Waals surface area contributed by atoms with E-state index in [4.69, 9.17) is 4.42 Å². The number of rotatable bonds is 2. The van der Waals surface area contributed by atoms with Crippen molar-refractivity contribution in [2.45, 2.75) is 6.92 Å². The summed E-state index contributed by atoms with van der Waals surface area (Å²) in [6.07, 6.45) is 0. The van der Waals surface area contributed by atoms with Crippen LogP contribution in [0.25, 0.3) is 32.1 Å². The molecule has 0 aliphatic carbocycles. The Hall–Kier alpha value is -2.72. The Morgan fingerprint density at radius 3 is 2.52 bits per heavy atom. The molecular weight excluding hydrogens is 306 g/mol. The van der Waals surface area contributed by atoms with Gasteiger partial charge in [0.05, 0.1) is 5.39 Å². The second-order valence-corrected chi connectivity index (χ2v) is 6.40. The van der Waals surface area contributed by atoms with Crippen molar-refractivity contribution in [2.75, 3.05) is 0 Å². The van der Waals surface area contributed by atoms with Crippen LogP contribution in [-0.4, -0.2) is 4.98 Å². The van der Waals surface area contributed by atoms with E-state index in [1.165, 1.54) is 11.3 Å². The fraction of sp³-hybridized carbons (Fsp3) is 0.0526. The maximum absolute atomic E-state index is 12.3. The predicted octanol–water partition coefficient (Wildman–Crippen LogP) is 4.89. The maximum Gasteiger partial charge on any atom is 0.348 e. The molecule has 4 heteroatoms. The molecule has 2 aromatic carbocycles. The fourth-order valence-electron chi connectivity index (χ4n) is 2.51. The van der Waals surface area contributed by atoms with Crippen LogP contribution >= 0.6 is 11.3 Å². The van der Waals surface area contributed by atoms with Crippen LogP contribution in [0.3, 0.4) is 0 Å². The SMILES string of the molecule is Cc1cccc(-c2nc3sc(-c4ccccc4)cc3c(=O)o2)c1. The summed E-state index contributed by atoms with van der Waals surface area (Å²) in [7, 11) is 0. The van der Waals surface area contributed by atoms with Gasteiger partial charge in [0.1, 0.15) is 4.83 Å². The van der Waals surface area contributed by atoms with E-state index in [2.05, 4.69) is 4.98 Å². The first-order valence-electron chi connectivity index (χ1n) is 7.28. The molecule has 2 aromatic heterocycles. The average Bonchev–Trinajstić information content (AvgIpc) is 3.00. The first-order chi connectivity index (χ1) is 11.2. The minimum Gasteiger partial charge on any atom is -0.403 e. The number of hydrogen-bond acceptors (Lipinski definition) is 4. The Morgan fingerprint density at radius 1 is 0.957 bits per heavy atom. The lowest BCUT2D eigenvalue weighted by atomic mass is 10.1. The van der Waals surface area contributed by atoms with Crippen LogP contribution in [0.15, 0.2) is 69.9 Å². The van der Waals surface area contributed by atoms with Gasteiger partial charge in [-0.15, -0.1) is 11.3 Å². The minimum absolute atomic E-state index is 0.343. The van der Waals surface area contributed by atoms with Gasteiger partial charge in [-0.05, 0) is 30.7 Å². The maximum atomic E-state index is 12.3. The van der Waals surface area contributed by atoms with Crippen LogP contribution in [-0.2, 0) is 0 Å². The highest BCUT2D eigenvalue weighted by Crippen LogP contribution is 2.32. The van der Waals surface area contributed by atoms with Gasteiger partial charge in [-0.25, -0.2) is 9.78 Å². The molecule has 0 saturated carbocycles. The summed E-state index contributed by atoms with van der Waals surface area (Å²) in [5.74, 6) is 0.368. The van der Waals surface area contributed by atoms with E-state index < -0.39 is 0 Å². The second kappa shape index (κ2) is 5.48. The normalized spacial score (nSPS) is 11.0. The monoisotopic (exact) mass is 319 g/mol. The van der Waals surface area contributed by atoms with E-state index in [9.17, 15) is 4.79 Å². The lowest BCUT2D eigenvalue weighted by Gasteiger charge is -2.00. The largest absolute Gasteiger partial charge is 0.403 e. The van der Waals surface area contributed by atoms with Crippen molar-refractivity contribution in [3.8, 4) is 21.9 Å². The lowest BCUT2D eigenvalue weighted by molar-refractivity contribution is 0.519. The van der Waals surface area contributed by atoms with Crippen molar-refractivity contribution < 1.29 is 4.42 Å². The smallest absolute Gasteiger partial charge is 0.348 e. The molecule has 4 rings (SSSR count). The summed E-state index contributed by atoms with van der Waals surface area (Å²) in [4.78, 5) is 18.6. The third kappa shape index (κ3) is 2.58. The van der Waals surface area contributed by atoms with Gasteiger partial charge in [0, 0.05) is 10.4 Å². The fourth-order valence-corrected chi connectivity index (χ4v) is 3.53. The van der Waals surface area contributed by atoms with Crippen molar-refractivity contribution in [2.24, 2.45) is 0 Å². The Labute approximate surface area is 136 Å². The molecule has 0 atom stereocenters. The van der Waals surface area contributed by atoms with Gasteiger partial charge in [0.2, 0.25) is 5.89 Å². The van der Waals surface area contributed by atoms with Crippen molar-refractivity contribution in [1.82, 2.24) is 4.98 Å². The van der Waals surface area contributed by atoms with Crippen LogP contribution in [0.2, 0.25) is 0 Å². The summed E-state index contributed by atoms with van der Waals surface area (Å²) in [6.45, 7) is 2.00. The van der Waals surface area contributed by atoms with Crippen LogP contribution < -0.4 is 5.63 Å². The molecule has 3 nitrogen and oxygen atoms in total. The third-order valence-corrected chi connectivity index (χ3v) is 4.73. The highest BCUT2D eigenvalue weighted by atomic mass is 32.1. The van der Waals surface area contributed by atoms with Crippen molar-refractivity contribution >= 4 is 21.6 Å². The van der Waals surface area contributed by atoms with Crippen LogP contribution in [0.5, 0.6) is 0 Å². The molecule has 0 bridgehead atoms. The molecule has 0 unspecified atom stereocenters. The van der Waals surface area contributed by atoms with Crippen LogP contribution in [0.1, 0.15) is 5.56 Å². The number of aryl methyl sites for hydroxylation is 1. The Kier molecular flexibility index (Phi) is 3.32. The molecular formula is C19H13NO2S. The van der Waals surface area contributed by atoms with Crippen LogP contribution in [0, 0.1) is 6.92 Å². The highest BCUT2D eigenvalue weighted by Gasteiger charge is 2.13. The molecule has 4 aromatic rings. The van der Waals surface area contributed by atoms with E-state index in [0.29, 0.717) is 16.1 Å². The van der Waals surface area contributed by atoms with Gasteiger partial charge in [-0.3, -0.25) is 0 Å². The number of nitrogens with zero attached hydrogens (tertiary/aromatic N) is 1. The molecule has 112 valence electrons. The lowest BCUT2D eigenvalue weighted by Crippen LogP contribution is -2.00. The molecule has 0 amide bonds. The van der Waals surface area contributed by atoms with Gasteiger partial charge >= 0.3 is 5.63 Å². The Balaban J connectivity index is 1.89. The molecule has 0 radical (unpaired) electrons. The zero-order chi connectivity index (χ0) is 15.8. The molecule has 0 fully saturated rings. The molecule has 0 saturated heterocycles. The first-order valence-corrected chi connectivity index (χ1v) is 8.09.